The monoisotopic (exact) mass is 326 g/mol. The lowest BCUT2D eigenvalue weighted by atomic mass is 10.3. The van der Waals surface area contributed by atoms with E-state index in [-0.39, 0.29) is 0 Å². The van der Waals surface area contributed by atoms with Gasteiger partial charge in [-0.1, -0.05) is 23.7 Å². The smallest absolute Gasteiger partial charge is 0.213 e. The first-order valence-electron chi connectivity index (χ1n) is 5.38. The molecule has 3 nitrogen and oxygen atoms in total. The summed E-state index contributed by atoms with van der Waals surface area (Å²) < 4.78 is 5.94. The number of anilines is 1. The van der Waals surface area contributed by atoms with Gasteiger partial charge in [0.2, 0.25) is 5.88 Å². The Morgan fingerprint density at radius 1 is 1.28 bits per heavy atom. The van der Waals surface area contributed by atoms with Crippen LogP contribution in [0.15, 0.2) is 40.9 Å². The van der Waals surface area contributed by atoms with Gasteiger partial charge in [0.25, 0.3) is 0 Å². The summed E-state index contributed by atoms with van der Waals surface area (Å²) in [5.74, 6) is 0.611. The Labute approximate surface area is 119 Å². The Morgan fingerprint density at radius 3 is 2.83 bits per heavy atom. The van der Waals surface area contributed by atoms with Crippen LogP contribution in [0.25, 0.3) is 0 Å². The molecule has 0 aliphatic carbocycles. The van der Waals surface area contributed by atoms with Crippen LogP contribution in [0.1, 0.15) is 5.69 Å². The molecule has 2 aromatic rings. The Bertz CT molecular complexity index is 548. The summed E-state index contributed by atoms with van der Waals surface area (Å²) in [6, 6.07) is 11.4. The zero-order valence-electron chi connectivity index (χ0n) is 9.78. The Hall–Kier alpha value is -1.26. The van der Waals surface area contributed by atoms with Crippen molar-refractivity contribution in [1.82, 2.24) is 4.98 Å². The average molecular weight is 328 g/mol. The van der Waals surface area contributed by atoms with Crippen molar-refractivity contribution in [3.8, 4) is 5.88 Å². The quantitative estimate of drug-likeness (QED) is 0.917. The highest BCUT2D eigenvalue weighted by Gasteiger charge is 2.04. The highest BCUT2D eigenvalue weighted by Crippen LogP contribution is 2.30. The van der Waals surface area contributed by atoms with Crippen molar-refractivity contribution in [2.45, 2.75) is 6.54 Å². The predicted octanol–water partition coefficient (Wildman–Crippen LogP) is 4.12. The maximum absolute atomic E-state index is 6.02. The molecule has 0 aliphatic rings. The van der Waals surface area contributed by atoms with Gasteiger partial charge < -0.3 is 10.1 Å². The standard InChI is InChI=1S/C13H12BrClN2O/c1-18-12-7-2-4-9(17-12)8-16-11-6-3-5-10(15)13(11)14/h2-7,16H,8H2,1H3. The third-order valence-corrected chi connectivity index (χ3v) is 3.80. The number of nitrogens with zero attached hydrogens (tertiary/aromatic N) is 1. The maximum Gasteiger partial charge on any atom is 0.213 e. The number of ether oxygens (including phenoxy) is 1. The molecule has 0 fully saturated rings. The van der Waals surface area contributed by atoms with Gasteiger partial charge >= 0.3 is 0 Å². The third-order valence-electron chi connectivity index (χ3n) is 2.40. The summed E-state index contributed by atoms with van der Waals surface area (Å²) in [4.78, 5) is 4.33. The number of benzene rings is 1. The van der Waals surface area contributed by atoms with Gasteiger partial charge in [-0.2, -0.15) is 0 Å². The second kappa shape index (κ2) is 6.07. The topological polar surface area (TPSA) is 34.1 Å². The fourth-order valence-electron chi connectivity index (χ4n) is 1.50. The number of rotatable bonds is 4. The molecule has 0 saturated heterocycles. The minimum atomic E-state index is 0.607. The van der Waals surface area contributed by atoms with Gasteiger partial charge in [-0.3, -0.25) is 0 Å². The molecule has 0 unspecified atom stereocenters. The first-order valence-corrected chi connectivity index (χ1v) is 6.55. The van der Waals surface area contributed by atoms with Crippen molar-refractivity contribution in [3.05, 3.63) is 51.6 Å². The molecule has 1 aromatic heterocycles. The number of nitrogens with one attached hydrogen (secondary N) is 1. The lowest BCUT2D eigenvalue weighted by Gasteiger charge is -2.09. The minimum Gasteiger partial charge on any atom is -0.481 e. The molecular formula is C13H12BrClN2O. The SMILES string of the molecule is COc1cccc(CNc2cccc(Cl)c2Br)n1. The van der Waals surface area contributed by atoms with Crippen LogP contribution >= 0.6 is 27.5 Å². The Morgan fingerprint density at radius 2 is 2.06 bits per heavy atom. The van der Waals surface area contributed by atoms with Gasteiger partial charge in [-0.25, -0.2) is 4.98 Å². The van der Waals surface area contributed by atoms with Crippen molar-refractivity contribution >= 4 is 33.2 Å². The summed E-state index contributed by atoms with van der Waals surface area (Å²) in [5.41, 5.74) is 1.84. The molecule has 0 aliphatic heterocycles. The van der Waals surface area contributed by atoms with Crippen LogP contribution in [0.4, 0.5) is 5.69 Å². The lowest BCUT2D eigenvalue weighted by molar-refractivity contribution is 0.396. The van der Waals surface area contributed by atoms with Gasteiger partial charge in [-0.05, 0) is 34.1 Å². The Kier molecular flexibility index (Phi) is 4.44. The van der Waals surface area contributed by atoms with E-state index in [0.717, 1.165) is 15.9 Å². The largest absolute Gasteiger partial charge is 0.481 e. The first-order chi connectivity index (χ1) is 8.70. The molecule has 0 atom stereocenters. The van der Waals surface area contributed by atoms with Gasteiger partial charge in [-0.15, -0.1) is 0 Å². The predicted molar refractivity (Wildman–Crippen MR) is 77.3 cm³/mol. The number of hydrogen-bond acceptors (Lipinski definition) is 3. The summed E-state index contributed by atoms with van der Waals surface area (Å²) in [7, 11) is 1.60. The van der Waals surface area contributed by atoms with E-state index in [1.807, 2.05) is 36.4 Å². The van der Waals surface area contributed by atoms with E-state index in [1.54, 1.807) is 7.11 Å². The maximum atomic E-state index is 6.02. The van der Waals surface area contributed by atoms with Crippen LogP contribution < -0.4 is 10.1 Å². The molecule has 18 heavy (non-hydrogen) atoms. The molecule has 1 N–H and O–H groups in total. The number of methoxy groups -OCH3 is 1. The number of hydrogen-bond donors (Lipinski definition) is 1. The van der Waals surface area contributed by atoms with E-state index in [4.69, 9.17) is 16.3 Å². The van der Waals surface area contributed by atoms with E-state index in [2.05, 4.69) is 26.2 Å². The highest BCUT2D eigenvalue weighted by molar-refractivity contribution is 9.10. The molecule has 0 radical (unpaired) electrons. The summed E-state index contributed by atoms with van der Waals surface area (Å²) in [6.07, 6.45) is 0. The molecule has 1 heterocycles. The van der Waals surface area contributed by atoms with Crippen molar-refractivity contribution < 1.29 is 4.74 Å². The average Bonchev–Trinajstić information content (AvgIpc) is 2.41. The zero-order chi connectivity index (χ0) is 13.0. The van der Waals surface area contributed by atoms with E-state index in [1.165, 1.54) is 0 Å². The molecule has 5 heteroatoms. The molecule has 0 saturated carbocycles. The van der Waals surface area contributed by atoms with Gasteiger partial charge in [0, 0.05) is 6.07 Å². The number of aromatic nitrogens is 1. The highest BCUT2D eigenvalue weighted by atomic mass is 79.9. The van der Waals surface area contributed by atoms with E-state index >= 15 is 0 Å². The number of halogens is 2. The van der Waals surface area contributed by atoms with Crippen molar-refractivity contribution in [2.75, 3.05) is 12.4 Å². The number of pyridine rings is 1. The van der Waals surface area contributed by atoms with E-state index in [0.29, 0.717) is 17.4 Å². The normalized spacial score (nSPS) is 10.2. The molecule has 0 spiro atoms. The summed E-state index contributed by atoms with van der Waals surface area (Å²) in [5, 5.41) is 3.95. The molecule has 2 rings (SSSR count). The molecule has 0 amide bonds. The van der Waals surface area contributed by atoms with Crippen LogP contribution in [0.2, 0.25) is 5.02 Å². The first kappa shape index (κ1) is 13.2. The second-order valence-corrected chi connectivity index (χ2v) is 4.83. The van der Waals surface area contributed by atoms with Gasteiger partial charge in [0.05, 0.1) is 34.5 Å². The molecule has 1 aromatic carbocycles. The van der Waals surface area contributed by atoms with Crippen LogP contribution in [0.5, 0.6) is 5.88 Å². The summed E-state index contributed by atoms with van der Waals surface area (Å²) in [6.45, 7) is 0.607. The third kappa shape index (κ3) is 3.15. The lowest BCUT2D eigenvalue weighted by Crippen LogP contribution is -2.03. The van der Waals surface area contributed by atoms with E-state index in [9.17, 15) is 0 Å². The molecule has 0 bridgehead atoms. The molecule has 94 valence electrons. The van der Waals surface area contributed by atoms with E-state index < -0.39 is 0 Å². The fourth-order valence-corrected chi connectivity index (χ4v) is 2.07. The molecular weight excluding hydrogens is 316 g/mol. The zero-order valence-corrected chi connectivity index (χ0v) is 12.1. The van der Waals surface area contributed by atoms with Crippen LogP contribution in [0.3, 0.4) is 0 Å². The second-order valence-electron chi connectivity index (χ2n) is 3.63. The van der Waals surface area contributed by atoms with Crippen molar-refractivity contribution in [2.24, 2.45) is 0 Å². The minimum absolute atomic E-state index is 0.607. The van der Waals surface area contributed by atoms with Crippen LogP contribution in [-0.2, 0) is 6.54 Å². The van der Waals surface area contributed by atoms with Gasteiger partial charge in [0.15, 0.2) is 0 Å². The van der Waals surface area contributed by atoms with Crippen LogP contribution in [-0.4, -0.2) is 12.1 Å². The van der Waals surface area contributed by atoms with Crippen molar-refractivity contribution in [1.29, 1.82) is 0 Å². The van der Waals surface area contributed by atoms with Gasteiger partial charge in [0.1, 0.15) is 0 Å². The fraction of sp³-hybridized carbons (Fsp3) is 0.154. The van der Waals surface area contributed by atoms with Crippen molar-refractivity contribution in [3.63, 3.8) is 0 Å². The van der Waals surface area contributed by atoms with Crippen LogP contribution in [0, 0.1) is 0 Å². The summed E-state index contributed by atoms with van der Waals surface area (Å²) >= 11 is 9.46. The Balaban J connectivity index is 2.09.